The first kappa shape index (κ1) is 14.4. The van der Waals surface area contributed by atoms with Crippen molar-refractivity contribution in [2.45, 2.75) is 18.2 Å². The minimum Gasteiger partial charge on any atom is -0.264 e. The van der Waals surface area contributed by atoms with E-state index in [-0.39, 0.29) is 4.90 Å². The number of H-pyrrole nitrogens is 1. The van der Waals surface area contributed by atoms with Crippen molar-refractivity contribution in [3.8, 4) is 0 Å². The van der Waals surface area contributed by atoms with Gasteiger partial charge in [-0.15, -0.1) is 0 Å². The molecule has 2 aromatic rings. The molecule has 1 heterocycles. The Kier molecular flexibility index (Phi) is 4.17. The zero-order valence-corrected chi connectivity index (χ0v) is 13.1. The fraction of sp³-hybridized carbons (Fsp3) is 0.182. The molecule has 0 aliphatic carbocycles. The molecule has 2 N–H and O–H groups in total. The lowest BCUT2D eigenvalue weighted by Gasteiger charge is -2.08. The van der Waals surface area contributed by atoms with Gasteiger partial charge < -0.3 is 0 Å². The molecule has 0 fully saturated rings. The maximum absolute atomic E-state index is 12.2. The summed E-state index contributed by atoms with van der Waals surface area (Å²) < 4.78 is 27.4. The molecule has 0 bridgehead atoms. The molecule has 2 rings (SSSR count). The number of anilines is 1. The number of sulfonamides is 1. The Balaban J connectivity index is 2.35. The third kappa shape index (κ3) is 3.10. The van der Waals surface area contributed by atoms with Gasteiger partial charge in [0, 0.05) is 10.0 Å². The number of nitrogens with zero attached hydrogens (tertiary/aromatic N) is 1. The number of aromatic amines is 1. The second kappa shape index (κ2) is 5.52. The second-order valence-electron chi connectivity index (χ2n) is 3.81. The van der Waals surface area contributed by atoms with Gasteiger partial charge >= 0.3 is 0 Å². The normalized spacial score (nSPS) is 11.5. The van der Waals surface area contributed by atoms with Gasteiger partial charge in [-0.2, -0.15) is 5.10 Å². The number of aromatic nitrogens is 2. The van der Waals surface area contributed by atoms with Gasteiger partial charge in [-0.05, 0) is 40.5 Å². The minimum absolute atomic E-state index is 0.125. The van der Waals surface area contributed by atoms with Crippen LogP contribution in [0.1, 0.15) is 12.5 Å². The Labute approximate surface area is 124 Å². The van der Waals surface area contributed by atoms with E-state index in [1.165, 1.54) is 18.2 Å². The lowest BCUT2D eigenvalue weighted by atomic mass is 10.3. The van der Waals surface area contributed by atoms with Gasteiger partial charge in [0.15, 0.2) is 0 Å². The summed E-state index contributed by atoms with van der Waals surface area (Å²) in [7, 11) is -3.66. The van der Waals surface area contributed by atoms with E-state index in [1.54, 1.807) is 6.20 Å². The number of hydrogen-bond acceptors (Lipinski definition) is 3. The Morgan fingerprint density at radius 3 is 2.84 bits per heavy atom. The van der Waals surface area contributed by atoms with Gasteiger partial charge in [0.1, 0.15) is 5.82 Å². The van der Waals surface area contributed by atoms with Crippen molar-refractivity contribution in [2.75, 3.05) is 4.72 Å². The highest BCUT2D eigenvalue weighted by Gasteiger charge is 2.17. The predicted octanol–water partition coefficient (Wildman–Crippen LogP) is 3.19. The molecule has 0 amide bonds. The third-order valence-electron chi connectivity index (χ3n) is 2.54. The van der Waals surface area contributed by atoms with E-state index in [0.717, 1.165) is 5.56 Å². The van der Waals surface area contributed by atoms with Crippen LogP contribution in [0.15, 0.2) is 33.8 Å². The molecule has 0 aliphatic rings. The van der Waals surface area contributed by atoms with Crippen LogP contribution >= 0.6 is 27.5 Å². The van der Waals surface area contributed by atoms with Gasteiger partial charge in [0.05, 0.1) is 16.1 Å². The highest BCUT2D eigenvalue weighted by atomic mass is 79.9. The Morgan fingerprint density at radius 1 is 1.47 bits per heavy atom. The van der Waals surface area contributed by atoms with Gasteiger partial charge in [0.25, 0.3) is 10.0 Å². The molecular formula is C11H11BrClN3O2S. The fourth-order valence-electron chi connectivity index (χ4n) is 1.50. The maximum atomic E-state index is 12.2. The maximum Gasteiger partial charge on any atom is 0.263 e. The standard InChI is InChI=1S/C11H11BrClN3O2S/c1-2-7-6-14-15-11(7)16-19(17,18)8-3-4-10(13)9(12)5-8/h3-6H,2H2,1H3,(H2,14,15,16). The minimum atomic E-state index is -3.66. The van der Waals surface area contributed by atoms with E-state index in [2.05, 4.69) is 30.8 Å². The summed E-state index contributed by atoms with van der Waals surface area (Å²) in [6.07, 6.45) is 2.27. The van der Waals surface area contributed by atoms with Crippen LogP contribution in [0.2, 0.25) is 5.02 Å². The number of halogens is 2. The van der Waals surface area contributed by atoms with Crippen LogP contribution in [0.4, 0.5) is 5.82 Å². The summed E-state index contributed by atoms with van der Waals surface area (Å²) in [4.78, 5) is 0.125. The number of hydrogen-bond donors (Lipinski definition) is 2. The van der Waals surface area contributed by atoms with Crippen molar-refractivity contribution in [2.24, 2.45) is 0 Å². The average molecular weight is 365 g/mol. The highest BCUT2D eigenvalue weighted by Crippen LogP contribution is 2.26. The van der Waals surface area contributed by atoms with Gasteiger partial charge in [-0.1, -0.05) is 18.5 Å². The van der Waals surface area contributed by atoms with Crippen LogP contribution in [-0.2, 0) is 16.4 Å². The monoisotopic (exact) mass is 363 g/mol. The molecular weight excluding hydrogens is 354 g/mol. The van der Waals surface area contributed by atoms with Crippen molar-refractivity contribution in [1.29, 1.82) is 0 Å². The fourth-order valence-corrected chi connectivity index (χ4v) is 3.24. The number of aryl methyl sites for hydroxylation is 1. The SMILES string of the molecule is CCc1cn[nH]c1NS(=O)(=O)c1ccc(Cl)c(Br)c1. The van der Waals surface area contributed by atoms with Gasteiger partial charge in [-0.25, -0.2) is 8.42 Å². The molecule has 19 heavy (non-hydrogen) atoms. The number of benzene rings is 1. The van der Waals surface area contributed by atoms with Gasteiger partial charge in [-0.3, -0.25) is 9.82 Å². The van der Waals surface area contributed by atoms with Crippen LogP contribution < -0.4 is 4.72 Å². The Bertz CT molecular complexity index is 700. The molecule has 0 saturated heterocycles. The van der Waals surface area contributed by atoms with Crippen molar-refractivity contribution in [1.82, 2.24) is 10.2 Å². The van der Waals surface area contributed by atoms with Crippen molar-refractivity contribution >= 4 is 43.4 Å². The molecule has 0 atom stereocenters. The first-order chi connectivity index (χ1) is 8.94. The lowest BCUT2D eigenvalue weighted by Crippen LogP contribution is -2.14. The summed E-state index contributed by atoms with van der Waals surface area (Å²) in [5.74, 6) is 0.383. The average Bonchev–Trinajstić information content (AvgIpc) is 2.79. The van der Waals surface area contributed by atoms with Crippen LogP contribution in [0.25, 0.3) is 0 Å². The van der Waals surface area contributed by atoms with Crippen molar-refractivity contribution < 1.29 is 8.42 Å². The summed E-state index contributed by atoms with van der Waals surface area (Å²) in [6, 6.07) is 4.41. The van der Waals surface area contributed by atoms with E-state index >= 15 is 0 Å². The van der Waals surface area contributed by atoms with Crippen LogP contribution in [-0.4, -0.2) is 18.6 Å². The number of nitrogens with one attached hydrogen (secondary N) is 2. The van der Waals surface area contributed by atoms with Crippen LogP contribution in [0.3, 0.4) is 0 Å². The number of rotatable bonds is 4. The zero-order valence-electron chi connectivity index (χ0n) is 9.94. The Morgan fingerprint density at radius 2 is 2.21 bits per heavy atom. The second-order valence-corrected chi connectivity index (χ2v) is 6.75. The Hall–Kier alpha value is -1.05. The van der Waals surface area contributed by atoms with Crippen LogP contribution in [0, 0.1) is 0 Å². The first-order valence-corrected chi connectivity index (χ1v) is 8.09. The zero-order chi connectivity index (χ0) is 14.0. The molecule has 102 valence electrons. The van der Waals surface area contributed by atoms with Crippen molar-refractivity contribution in [3.63, 3.8) is 0 Å². The first-order valence-electron chi connectivity index (χ1n) is 5.44. The smallest absolute Gasteiger partial charge is 0.263 e. The molecule has 1 aromatic carbocycles. The molecule has 0 radical (unpaired) electrons. The van der Waals surface area contributed by atoms with E-state index in [0.29, 0.717) is 21.7 Å². The molecule has 0 aliphatic heterocycles. The highest BCUT2D eigenvalue weighted by molar-refractivity contribution is 9.10. The van der Waals surface area contributed by atoms with E-state index < -0.39 is 10.0 Å². The molecule has 1 aromatic heterocycles. The van der Waals surface area contributed by atoms with Crippen LogP contribution in [0.5, 0.6) is 0 Å². The van der Waals surface area contributed by atoms with Gasteiger partial charge in [0.2, 0.25) is 0 Å². The third-order valence-corrected chi connectivity index (χ3v) is 5.10. The molecule has 5 nitrogen and oxygen atoms in total. The van der Waals surface area contributed by atoms with Crippen molar-refractivity contribution in [3.05, 3.63) is 39.5 Å². The summed E-state index contributed by atoms with van der Waals surface area (Å²) >= 11 is 9.04. The van der Waals surface area contributed by atoms with E-state index in [9.17, 15) is 8.42 Å². The summed E-state index contributed by atoms with van der Waals surface area (Å²) in [6.45, 7) is 1.92. The van der Waals surface area contributed by atoms with E-state index in [4.69, 9.17) is 11.6 Å². The molecule has 0 saturated carbocycles. The molecule has 8 heteroatoms. The quantitative estimate of drug-likeness (QED) is 0.875. The molecule has 0 unspecified atom stereocenters. The predicted molar refractivity (Wildman–Crippen MR) is 77.9 cm³/mol. The summed E-state index contributed by atoms with van der Waals surface area (Å²) in [5.41, 5.74) is 0.802. The lowest BCUT2D eigenvalue weighted by molar-refractivity contribution is 0.601. The summed E-state index contributed by atoms with van der Waals surface area (Å²) in [5, 5.41) is 6.90. The topological polar surface area (TPSA) is 74.8 Å². The molecule has 0 spiro atoms. The largest absolute Gasteiger partial charge is 0.264 e. The van der Waals surface area contributed by atoms with E-state index in [1.807, 2.05) is 6.92 Å².